The molecule has 2 N–H and O–H groups in total. The van der Waals surface area contributed by atoms with Gasteiger partial charge in [-0.15, -0.1) is 11.3 Å². The third kappa shape index (κ3) is 4.38. The molecule has 0 unspecified atom stereocenters. The van der Waals surface area contributed by atoms with Crippen molar-refractivity contribution in [1.82, 2.24) is 10.3 Å². The number of nitrogens with one attached hydrogen (secondary N) is 1. The van der Waals surface area contributed by atoms with Crippen molar-refractivity contribution >= 4 is 23.2 Å². The van der Waals surface area contributed by atoms with E-state index in [9.17, 15) is 9.59 Å². The molecule has 0 spiro atoms. The molecular weight excluding hydrogens is 348 g/mol. The first-order valence-electron chi connectivity index (χ1n) is 7.26. The van der Waals surface area contributed by atoms with Crippen LogP contribution in [0.15, 0.2) is 17.5 Å². The summed E-state index contributed by atoms with van der Waals surface area (Å²) in [5, 5.41) is 13.7. The predicted octanol–water partition coefficient (Wildman–Crippen LogP) is 1.84. The van der Waals surface area contributed by atoms with Crippen LogP contribution in [0, 0.1) is 0 Å². The Balaban J connectivity index is 2.05. The number of hydrogen-bond donors (Lipinski definition) is 2. The van der Waals surface area contributed by atoms with E-state index in [1.165, 1.54) is 38.0 Å². The lowest BCUT2D eigenvalue weighted by atomic mass is 10.1. The quantitative estimate of drug-likeness (QED) is 0.734. The van der Waals surface area contributed by atoms with Crippen molar-refractivity contribution in [3.63, 3.8) is 0 Å². The summed E-state index contributed by atoms with van der Waals surface area (Å²) in [4.78, 5) is 27.2. The molecule has 1 amide bonds. The number of carboxylic acid groups (broad SMARTS) is 1. The van der Waals surface area contributed by atoms with Gasteiger partial charge in [-0.25, -0.2) is 9.78 Å². The number of benzene rings is 1. The van der Waals surface area contributed by atoms with Crippen molar-refractivity contribution in [3.05, 3.63) is 33.8 Å². The van der Waals surface area contributed by atoms with Crippen molar-refractivity contribution in [3.8, 4) is 17.2 Å². The highest BCUT2D eigenvalue weighted by atomic mass is 32.1. The second-order valence-corrected chi connectivity index (χ2v) is 5.79. The maximum atomic E-state index is 12.4. The highest BCUT2D eigenvalue weighted by Crippen LogP contribution is 2.34. The van der Waals surface area contributed by atoms with Crippen molar-refractivity contribution in [1.29, 1.82) is 0 Å². The molecule has 1 heterocycles. The van der Waals surface area contributed by atoms with Gasteiger partial charge in [0.25, 0.3) is 5.91 Å². The molecule has 0 aliphatic carbocycles. The molecule has 2 aromatic rings. The van der Waals surface area contributed by atoms with E-state index in [0.717, 1.165) is 0 Å². The number of carboxylic acids is 1. The van der Waals surface area contributed by atoms with Crippen molar-refractivity contribution < 1.29 is 28.9 Å². The topological polar surface area (TPSA) is 107 Å². The number of amides is 1. The molecule has 0 bridgehead atoms. The molecule has 1 aromatic carbocycles. The van der Waals surface area contributed by atoms with E-state index in [2.05, 4.69) is 10.3 Å². The molecular formula is C16H18N2O6S. The molecule has 2 rings (SSSR count). The van der Waals surface area contributed by atoms with E-state index in [1.807, 2.05) is 0 Å². The normalized spacial score (nSPS) is 10.2. The molecule has 0 aliphatic heterocycles. The van der Waals surface area contributed by atoms with Crippen LogP contribution in [0.25, 0.3) is 0 Å². The highest BCUT2D eigenvalue weighted by molar-refractivity contribution is 7.09. The van der Waals surface area contributed by atoms with Gasteiger partial charge in [0.2, 0.25) is 0 Å². The van der Waals surface area contributed by atoms with Crippen molar-refractivity contribution in [2.75, 3.05) is 27.9 Å². The number of thiazole rings is 1. The molecule has 9 heteroatoms. The smallest absolute Gasteiger partial charge is 0.355 e. The Labute approximate surface area is 148 Å². The van der Waals surface area contributed by atoms with Gasteiger partial charge in [0.1, 0.15) is 5.75 Å². The van der Waals surface area contributed by atoms with Crippen molar-refractivity contribution in [2.45, 2.75) is 6.42 Å². The number of rotatable bonds is 8. The van der Waals surface area contributed by atoms with Gasteiger partial charge in [-0.3, -0.25) is 4.79 Å². The lowest BCUT2D eigenvalue weighted by Gasteiger charge is -2.13. The molecule has 1 aromatic heterocycles. The van der Waals surface area contributed by atoms with Crippen LogP contribution in [0.1, 0.15) is 25.9 Å². The zero-order valence-corrected chi connectivity index (χ0v) is 14.8. The molecule has 0 fully saturated rings. The molecule has 0 saturated carbocycles. The van der Waals surface area contributed by atoms with E-state index < -0.39 is 5.97 Å². The Hall–Kier alpha value is -2.81. The second-order valence-electron chi connectivity index (χ2n) is 4.85. The third-order valence-corrected chi connectivity index (χ3v) is 4.25. The number of ether oxygens (including phenoxy) is 3. The number of hydrogen-bond acceptors (Lipinski definition) is 7. The maximum absolute atomic E-state index is 12.4. The summed E-state index contributed by atoms with van der Waals surface area (Å²) in [5.41, 5.74) is 0.318. The largest absolute Gasteiger partial charge is 0.496 e. The summed E-state index contributed by atoms with van der Waals surface area (Å²) in [6, 6.07) is 3.12. The molecule has 0 aliphatic rings. The molecule has 0 radical (unpaired) electrons. The Kier molecular flexibility index (Phi) is 6.18. The average molecular weight is 366 g/mol. The Morgan fingerprint density at radius 2 is 1.76 bits per heavy atom. The monoisotopic (exact) mass is 366 g/mol. The van der Waals surface area contributed by atoms with Crippen LogP contribution < -0.4 is 19.5 Å². The van der Waals surface area contributed by atoms with Crippen molar-refractivity contribution in [2.24, 2.45) is 0 Å². The van der Waals surface area contributed by atoms with Crippen LogP contribution in [-0.2, 0) is 6.42 Å². The first-order valence-corrected chi connectivity index (χ1v) is 8.14. The van der Waals surface area contributed by atoms with Gasteiger partial charge in [0.05, 0.1) is 31.9 Å². The van der Waals surface area contributed by atoms with Crippen LogP contribution >= 0.6 is 11.3 Å². The fourth-order valence-electron chi connectivity index (χ4n) is 2.11. The predicted molar refractivity (Wildman–Crippen MR) is 91.2 cm³/mol. The van der Waals surface area contributed by atoms with Gasteiger partial charge in [-0.2, -0.15) is 0 Å². The molecule has 134 valence electrons. The summed E-state index contributed by atoms with van der Waals surface area (Å²) in [7, 11) is 4.44. The van der Waals surface area contributed by atoms with E-state index in [4.69, 9.17) is 19.3 Å². The number of carbonyl (C=O) groups is 2. The summed E-state index contributed by atoms with van der Waals surface area (Å²) in [6.07, 6.45) is 0.430. The van der Waals surface area contributed by atoms with Crippen LogP contribution in [0.4, 0.5) is 0 Å². The van der Waals surface area contributed by atoms with Gasteiger partial charge >= 0.3 is 5.97 Å². The van der Waals surface area contributed by atoms with Crippen LogP contribution in [0.2, 0.25) is 0 Å². The van der Waals surface area contributed by atoms with Crippen LogP contribution in [0.5, 0.6) is 17.2 Å². The van der Waals surface area contributed by atoms with E-state index in [0.29, 0.717) is 40.8 Å². The minimum atomic E-state index is -1.07. The molecule has 8 nitrogen and oxygen atoms in total. The first-order chi connectivity index (χ1) is 12.0. The Bertz CT molecular complexity index is 774. The Morgan fingerprint density at radius 1 is 1.12 bits per heavy atom. The first kappa shape index (κ1) is 18.5. The van der Waals surface area contributed by atoms with Gasteiger partial charge < -0.3 is 24.6 Å². The fourth-order valence-corrected chi connectivity index (χ4v) is 2.88. The zero-order chi connectivity index (χ0) is 18.4. The molecule has 25 heavy (non-hydrogen) atoms. The SMILES string of the molecule is COc1cc(OC)c(C(=O)NCCc2nc(C(=O)O)cs2)cc1OC. The highest BCUT2D eigenvalue weighted by Gasteiger charge is 2.17. The van der Waals surface area contributed by atoms with Gasteiger partial charge in [-0.1, -0.05) is 0 Å². The van der Waals surface area contributed by atoms with E-state index in [1.54, 1.807) is 12.1 Å². The van der Waals surface area contributed by atoms with Gasteiger partial charge in [0.15, 0.2) is 17.2 Å². The lowest BCUT2D eigenvalue weighted by Crippen LogP contribution is -2.26. The minimum Gasteiger partial charge on any atom is -0.496 e. The van der Waals surface area contributed by atoms with E-state index >= 15 is 0 Å². The van der Waals surface area contributed by atoms with E-state index in [-0.39, 0.29) is 11.6 Å². The van der Waals surface area contributed by atoms with Crippen LogP contribution in [0.3, 0.4) is 0 Å². The zero-order valence-electron chi connectivity index (χ0n) is 14.0. The van der Waals surface area contributed by atoms with Gasteiger partial charge in [-0.05, 0) is 0 Å². The summed E-state index contributed by atoms with van der Waals surface area (Å²) in [5.74, 6) is -0.175. The fraction of sp³-hybridized carbons (Fsp3) is 0.312. The summed E-state index contributed by atoms with van der Waals surface area (Å²) in [6.45, 7) is 0.308. The number of aromatic carboxylic acids is 1. The maximum Gasteiger partial charge on any atom is 0.355 e. The average Bonchev–Trinajstić information content (AvgIpc) is 3.09. The number of nitrogens with zero attached hydrogens (tertiary/aromatic N) is 1. The summed E-state index contributed by atoms with van der Waals surface area (Å²) < 4.78 is 15.6. The molecule has 0 saturated heterocycles. The second kappa shape index (κ2) is 8.34. The standard InChI is InChI=1S/C16H18N2O6S/c1-22-11-7-13(24-3)12(23-2)6-9(11)15(19)17-5-4-14-18-10(8-25-14)16(20)21/h6-8H,4-5H2,1-3H3,(H,17,19)(H,20,21). The lowest BCUT2D eigenvalue weighted by molar-refractivity contribution is 0.0690. The minimum absolute atomic E-state index is 0.00730. The van der Waals surface area contributed by atoms with Crippen LogP contribution in [-0.4, -0.2) is 49.8 Å². The Morgan fingerprint density at radius 3 is 2.32 bits per heavy atom. The number of carbonyl (C=O) groups excluding carboxylic acids is 1. The third-order valence-electron chi connectivity index (χ3n) is 3.35. The van der Waals surface area contributed by atoms with Gasteiger partial charge in [0, 0.05) is 30.5 Å². The number of aromatic nitrogens is 1. The number of methoxy groups -OCH3 is 3. The molecule has 0 atom stereocenters. The summed E-state index contributed by atoms with van der Waals surface area (Å²) >= 11 is 1.24.